The fraction of sp³-hybridized carbons (Fsp3) is 0.200. The molecule has 0 saturated carbocycles. The topological polar surface area (TPSA) is 37.8 Å². The number of aromatic nitrogens is 2. The molecule has 2 rings (SSSR count). The number of halogens is 1. The second-order valence-electron chi connectivity index (χ2n) is 3.15. The minimum absolute atomic E-state index is 0.262. The number of nitrogens with one attached hydrogen (secondary N) is 1. The SMILES string of the molecule is CC(Nc1cc(Br)ncn1)c1ccsc1. The molecule has 0 fully saturated rings. The molecule has 0 aliphatic carbocycles. The van der Waals surface area contributed by atoms with E-state index in [0.29, 0.717) is 0 Å². The molecule has 0 bridgehead atoms. The Morgan fingerprint density at radius 2 is 2.33 bits per heavy atom. The Morgan fingerprint density at radius 1 is 1.47 bits per heavy atom. The van der Waals surface area contributed by atoms with Gasteiger partial charge in [-0.25, -0.2) is 9.97 Å². The molecular formula is C10H10BrN3S. The molecule has 0 aliphatic rings. The van der Waals surface area contributed by atoms with Gasteiger partial charge in [0.2, 0.25) is 0 Å². The fourth-order valence-electron chi connectivity index (χ4n) is 1.24. The summed E-state index contributed by atoms with van der Waals surface area (Å²) in [6, 6.07) is 4.24. The van der Waals surface area contributed by atoms with Gasteiger partial charge >= 0.3 is 0 Å². The van der Waals surface area contributed by atoms with Crippen molar-refractivity contribution in [2.45, 2.75) is 13.0 Å². The summed E-state index contributed by atoms with van der Waals surface area (Å²) in [5.74, 6) is 0.829. The van der Waals surface area contributed by atoms with Crippen molar-refractivity contribution in [1.29, 1.82) is 0 Å². The zero-order valence-electron chi connectivity index (χ0n) is 8.14. The molecule has 1 N–H and O–H groups in total. The predicted molar refractivity (Wildman–Crippen MR) is 66.1 cm³/mol. The maximum absolute atomic E-state index is 4.14. The summed E-state index contributed by atoms with van der Waals surface area (Å²) in [6.07, 6.45) is 1.53. The van der Waals surface area contributed by atoms with E-state index in [2.05, 4.69) is 55.0 Å². The minimum Gasteiger partial charge on any atom is -0.363 e. The van der Waals surface area contributed by atoms with Gasteiger partial charge in [0.25, 0.3) is 0 Å². The fourth-order valence-corrected chi connectivity index (χ4v) is 2.30. The van der Waals surface area contributed by atoms with Gasteiger partial charge in [0.1, 0.15) is 16.7 Å². The maximum Gasteiger partial charge on any atom is 0.130 e. The van der Waals surface area contributed by atoms with E-state index in [9.17, 15) is 0 Å². The average molecular weight is 284 g/mol. The van der Waals surface area contributed by atoms with Crippen LogP contribution in [0.2, 0.25) is 0 Å². The third kappa shape index (κ3) is 2.76. The summed E-state index contributed by atoms with van der Waals surface area (Å²) in [7, 11) is 0. The minimum atomic E-state index is 0.262. The van der Waals surface area contributed by atoms with Crippen LogP contribution in [0.5, 0.6) is 0 Å². The van der Waals surface area contributed by atoms with Crippen molar-refractivity contribution >= 4 is 33.1 Å². The summed E-state index contributed by atoms with van der Waals surface area (Å²) >= 11 is 5.01. The summed E-state index contributed by atoms with van der Waals surface area (Å²) in [5, 5.41) is 7.52. The van der Waals surface area contributed by atoms with Crippen LogP contribution in [0.4, 0.5) is 5.82 Å². The van der Waals surface area contributed by atoms with Crippen LogP contribution in [-0.2, 0) is 0 Å². The predicted octanol–water partition coefficient (Wildman–Crippen LogP) is 3.47. The highest BCUT2D eigenvalue weighted by Crippen LogP contribution is 2.20. The molecule has 0 amide bonds. The summed E-state index contributed by atoms with van der Waals surface area (Å²) in [4.78, 5) is 8.12. The lowest BCUT2D eigenvalue weighted by molar-refractivity contribution is 0.876. The van der Waals surface area contributed by atoms with Crippen LogP contribution in [0.3, 0.4) is 0 Å². The molecule has 0 radical (unpaired) electrons. The standard InChI is InChI=1S/C10H10BrN3S/c1-7(8-2-3-15-5-8)14-10-4-9(11)12-6-13-10/h2-7H,1H3,(H,12,13,14). The lowest BCUT2D eigenvalue weighted by Crippen LogP contribution is -2.06. The quantitative estimate of drug-likeness (QED) is 0.877. The monoisotopic (exact) mass is 283 g/mol. The Bertz CT molecular complexity index is 430. The summed E-state index contributed by atoms with van der Waals surface area (Å²) in [6.45, 7) is 2.11. The van der Waals surface area contributed by atoms with Crippen LogP contribution in [-0.4, -0.2) is 9.97 Å². The number of nitrogens with zero attached hydrogens (tertiary/aromatic N) is 2. The smallest absolute Gasteiger partial charge is 0.130 e. The van der Waals surface area contributed by atoms with Crippen LogP contribution >= 0.6 is 27.3 Å². The van der Waals surface area contributed by atoms with Crippen molar-refractivity contribution in [2.75, 3.05) is 5.32 Å². The lowest BCUT2D eigenvalue weighted by atomic mass is 10.2. The summed E-state index contributed by atoms with van der Waals surface area (Å²) < 4.78 is 0.789. The van der Waals surface area contributed by atoms with Gasteiger partial charge < -0.3 is 5.32 Å². The number of anilines is 1. The first kappa shape index (κ1) is 10.6. The van der Waals surface area contributed by atoms with E-state index < -0.39 is 0 Å². The molecule has 0 spiro atoms. The number of thiophene rings is 1. The van der Waals surface area contributed by atoms with Crippen molar-refractivity contribution < 1.29 is 0 Å². The molecule has 0 aliphatic heterocycles. The first-order chi connectivity index (χ1) is 7.25. The normalized spacial score (nSPS) is 12.4. The van der Waals surface area contributed by atoms with E-state index >= 15 is 0 Å². The lowest BCUT2D eigenvalue weighted by Gasteiger charge is -2.12. The molecule has 78 valence electrons. The highest BCUT2D eigenvalue weighted by atomic mass is 79.9. The van der Waals surface area contributed by atoms with E-state index in [1.54, 1.807) is 11.3 Å². The van der Waals surface area contributed by atoms with Gasteiger partial charge in [-0.2, -0.15) is 11.3 Å². The molecule has 3 nitrogen and oxygen atoms in total. The molecule has 5 heteroatoms. The molecule has 15 heavy (non-hydrogen) atoms. The molecule has 1 atom stereocenters. The van der Waals surface area contributed by atoms with Crippen LogP contribution in [0.15, 0.2) is 33.8 Å². The van der Waals surface area contributed by atoms with E-state index in [1.165, 1.54) is 11.9 Å². The first-order valence-corrected chi connectivity index (χ1v) is 6.25. The van der Waals surface area contributed by atoms with Crippen LogP contribution in [0, 0.1) is 0 Å². The van der Waals surface area contributed by atoms with Gasteiger partial charge in [-0.15, -0.1) is 0 Å². The van der Waals surface area contributed by atoms with Gasteiger partial charge in [-0.1, -0.05) is 0 Å². The highest BCUT2D eigenvalue weighted by Gasteiger charge is 2.06. The van der Waals surface area contributed by atoms with E-state index in [0.717, 1.165) is 10.4 Å². The Labute approximate surface area is 101 Å². The van der Waals surface area contributed by atoms with Crippen molar-refractivity contribution in [1.82, 2.24) is 9.97 Å². The van der Waals surface area contributed by atoms with E-state index in [-0.39, 0.29) is 6.04 Å². The number of hydrogen-bond acceptors (Lipinski definition) is 4. The number of rotatable bonds is 3. The number of hydrogen-bond donors (Lipinski definition) is 1. The second-order valence-corrected chi connectivity index (χ2v) is 4.74. The molecule has 0 saturated heterocycles. The zero-order valence-corrected chi connectivity index (χ0v) is 10.5. The largest absolute Gasteiger partial charge is 0.363 e. The van der Waals surface area contributed by atoms with Crippen molar-refractivity contribution in [3.8, 4) is 0 Å². The molecule has 2 aromatic heterocycles. The third-order valence-electron chi connectivity index (χ3n) is 2.04. The van der Waals surface area contributed by atoms with Crippen molar-refractivity contribution in [2.24, 2.45) is 0 Å². The van der Waals surface area contributed by atoms with Gasteiger partial charge in [0.05, 0.1) is 6.04 Å². The van der Waals surface area contributed by atoms with Crippen LogP contribution in [0.25, 0.3) is 0 Å². The van der Waals surface area contributed by atoms with Crippen LogP contribution in [0.1, 0.15) is 18.5 Å². The van der Waals surface area contributed by atoms with Gasteiger partial charge in [-0.3, -0.25) is 0 Å². The van der Waals surface area contributed by atoms with Crippen molar-refractivity contribution in [3.05, 3.63) is 39.4 Å². The third-order valence-corrected chi connectivity index (χ3v) is 3.18. The molecule has 2 heterocycles. The molecule has 1 unspecified atom stereocenters. The Morgan fingerprint density at radius 3 is 3.00 bits per heavy atom. The van der Waals surface area contributed by atoms with Gasteiger partial charge in [0.15, 0.2) is 0 Å². The average Bonchev–Trinajstić information content (AvgIpc) is 2.70. The Kier molecular flexibility index (Phi) is 3.33. The molecule has 0 aromatic carbocycles. The van der Waals surface area contributed by atoms with Crippen molar-refractivity contribution in [3.63, 3.8) is 0 Å². The Balaban J connectivity index is 2.09. The molecular weight excluding hydrogens is 274 g/mol. The first-order valence-electron chi connectivity index (χ1n) is 4.52. The van der Waals surface area contributed by atoms with E-state index in [4.69, 9.17) is 0 Å². The molecule has 2 aromatic rings. The Hall–Kier alpha value is -0.940. The highest BCUT2D eigenvalue weighted by molar-refractivity contribution is 9.10. The zero-order chi connectivity index (χ0) is 10.7. The van der Waals surface area contributed by atoms with Gasteiger partial charge in [0, 0.05) is 6.07 Å². The maximum atomic E-state index is 4.14. The summed E-state index contributed by atoms with van der Waals surface area (Å²) in [5.41, 5.74) is 1.27. The van der Waals surface area contributed by atoms with Gasteiger partial charge in [-0.05, 0) is 45.2 Å². The van der Waals surface area contributed by atoms with E-state index in [1.807, 2.05) is 6.07 Å². The van der Waals surface area contributed by atoms with Crippen LogP contribution < -0.4 is 5.32 Å². The second kappa shape index (κ2) is 4.72.